The zero-order chi connectivity index (χ0) is 18.9. The zero-order valence-corrected chi connectivity index (χ0v) is 15.1. The molecule has 2 aromatic carbocycles. The van der Waals surface area contributed by atoms with Crippen LogP contribution < -0.4 is 10.0 Å². The topological polar surface area (TPSA) is 58.2 Å². The molecule has 140 valence electrons. The normalized spacial score (nSPS) is 15.2. The first-order chi connectivity index (χ1) is 12.2. The molecule has 2 aromatic rings. The van der Waals surface area contributed by atoms with Crippen LogP contribution in [0.15, 0.2) is 41.3 Å². The summed E-state index contributed by atoms with van der Waals surface area (Å²) in [5.41, 5.74) is 1.09. The van der Waals surface area contributed by atoms with Crippen molar-refractivity contribution in [2.45, 2.75) is 23.9 Å². The minimum absolute atomic E-state index is 0.230. The van der Waals surface area contributed by atoms with E-state index in [1.807, 2.05) is 0 Å². The van der Waals surface area contributed by atoms with Crippen LogP contribution in [-0.2, 0) is 29.0 Å². The molecule has 0 amide bonds. The molecule has 1 aliphatic rings. The van der Waals surface area contributed by atoms with Gasteiger partial charge in [-0.1, -0.05) is 17.7 Å². The minimum atomic E-state index is -4.62. The van der Waals surface area contributed by atoms with Crippen molar-refractivity contribution in [2.24, 2.45) is 0 Å². The number of hydrogen-bond donors (Lipinski definition) is 2. The van der Waals surface area contributed by atoms with Crippen molar-refractivity contribution in [1.29, 1.82) is 0 Å². The highest BCUT2D eigenvalue weighted by molar-refractivity contribution is 7.92. The molecule has 0 saturated carbocycles. The van der Waals surface area contributed by atoms with Gasteiger partial charge in [0.1, 0.15) is 0 Å². The molecule has 9 heteroatoms. The molecule has 26 heavy (non-hydrogen) atoms. The number of alkyl halides is 3. The molecule has 1 aliphatic heterocycles. The van der Waals surface area contributed by atoms with Crippen LogP contribution in [0.5, 0.6) is 0 Å². The van der Waals surface area contributed by atoms with Crippen LogP contribution in [0.25, 0.3) is 0 Å². The fourth-order valence-electron chi connectivity index (χ4n) is 2.87. The maximum atomic E-state index is 12.8. The number of benzene rings is 2. The molecule has 0 aliphatic carbocycles. The van der Waals surface area contributed by atoms with Gasteiger partial charge in [0.2, 0.25) is 0 Å². The Morgan fingerprint density at radius 2 is 1.81 bits per heavy atom. The average Bonchev–Trinajstić information content (AvgIpc) is 2.79. The standard InChI is InChI=1S/C17H16ClF3N2O2S/c18-16-10-13(8-11-4-6-22-7-5-15(11)16)23-26(24,25)14-3-1-2-12(9-14)17(19,20)21/h1-3,8-10,22-23H,4-7H2. The van der Waals surface area contributed by atoms with Crippen LogP contribution >= 0.6 is 11.6 Å². The van der Waals surface area contributed by atoms with E-state index in [2.05, 4.69) is 10.0 Å². The quantitative estimate of drug-likeness (QED) is 0.817. The van der Waals surface area contributed by atoms with E-state index in [9.17, 15) is 21.6 Å². The number of fused-ring (bicyclic) bond motifs is 1. The molecule has 0 unspecified atom stereocenters. The molecular weight excluding hydrogens is 389 g/mol. The molecule has 2 N–H and O–H groups in total. The van der Waals surface area contributed by atoms with Gasteiger partial charge in [0.15, 0.2) is 0 Å². The molecule has 4 nitrogen and oxygen atoms in total. The van der Waals surface area contributed by atoms with E-state index in [-0.39, 0.29) is 5.69 Å². The Labute approximate surface area is 154 Å². The minimum Gasteiger partial charge on any atom is -0.316 e. The summed E-state index contributed by atoms with van der Waals surface area (Å²) >= 11 is 6.27. The van der Waals surface area contributed by atoms with Gasteiger partial charge in [0, 0.05) is 5.02 Å². The van der Waals surface area contributed by atoms with Crippen LogP contribution in [0.3, 0.4) is 0 Å². The van der Waals surface area contributed by atoms with E-state index < -0.39 is 26.7 Å². The summed E-state index contributed by atoms with van der Waals surface area (Å²) in [7, 11) is -4.17. The number of hydrogen-bond acceptors (Lipinski definition) is 3. The third kappa shape index (κ3) is 4.13. The van der Waals surface area contributed by atoms with E-state index >= 15 is 0 Å². The van der Waals surface area contributed by atoms with Crippen molar-refractivity contribution in [1.82, 2.24) is 5.32 Å². The van der Waals surface area contributed by atoms with Gasteiger partial charge in [-0.25, -0.2) is 8.42 Å². The van der Waals surface area contributed by atoms with Gasteiger partial charge in [-0.3, -0.25) is 4.72 Å². The summed E-state index contributed by atoms with van der Waals surface area (Å²) in [6.45, 7) is 1.52. The Balaban J connectivity index is 1.93. The number of nitrogens with one attached hydrogen (secondary N) is 2. The maximum absolute atomic E-state index is 12.8. The fourth-order valence-corrected chi connectivity index (χ4v) is 4.29. The second kappa shape index (κ2) is 7.09. The van der Waals surface area contributed by atoms with Gasteiger partial charge in [-0.2, -0.15) is 13.2 Å². The van der Waals surface area contributed by atoms with Crippen molar-refractivity contribution in [3.8, 4) is 0 Å². The Hall–Kier alpha value is -1.77. The number of anilines is 1. The summed E-state index contributed by atoms with van der Waals surface area (Å²) in [6, 6.07) is 6.78. The predicted octanol–water partition coefficient (Wildman–Crippen LogP) is 3.85. The monoisotopic (exact) mass is 404 g/mol. The van der Waals surface area contributed by atoms with Gasteiger partial charge in [0.05, 0.1) is 16.1 Å². The van der Waals surface area contributed by atoms with Crippen LogP contribution in [0.4, 0.5) is 18.9 Å². The van der Waals surface area contributed by atoms with E-state index in [0.717, 1.165) is 48.8 Å². The molecule has 0 radical (unpaired) electrons. The molecule has 0 bridgehead atoms. The smallest absolute Gasteiger partial charge is 0.316 e. The molecule has 0 saturated heterocycles. The van der Waals surface area contributed by atoms with Gasteiger partial charge in [-0.05, 0) is 67.4 Å². The second-order valence-electron chi connectivity index (χ2n) is 5.98. The van der Waals surface area contributed by atoms with Crippen molar-refractivity contribution < 1.29 is 21.6 Å². The highest BCUT2D eigenvalue weighted by Crippen LogP contribution is 2.32. The van der Waals surface area contributed by atoms with E-state index in [1.165, 1.54) is 6.07 Å². The summed E-state index contributed by atoms with van der Waals surface area (Å²) in [4.78, 5) is -0.458. The number of rotatable bonds is 3. The lowest BCUT2D eigenvalue weighted by Gasteiger charge is -2.14. The Kier molecular flexibility index (Phi) is 5.18. The SMILES string of the molecule is O=S(=O)(Nc1cc(Cl)c2c(c1)CCNCC2)c1cccc(C(F)(F)F)c1. The Morgan fingerprint density at radius 3 is 2.54 bits per heavy atom. The van der Waals surface area contributed by atoms with Crippen molar-refractivity contribution in [3.63, 3.8) is 0 Å². The van der Waals surface area contributed by atoms with Crippen molar-refractivity contribution in [3.05, 3.63) is 58.1 Å². The predicted molar refractivity (Wildman–Crippen MR) is 94.0 cm³/mol. The lowest BCUT2D eigenvalue weighted by molar-refractivity contribution is -0.137. The lowest BCUT2D eigenvalue weighted by Crippen LogP contribution is -2.16. The Morgan fingerprint density at radius 1 is 1.08 bits per heavy atom. The molecular formula is C17H16ClF3N2O2S. The van der Waals surface area contributed by atoms with Crippen molar-refractivity contribution in [2.75, 3.05) is 17.8 Å². The van der Waals surface area contributed by atoms with E-state index in [1.54, 1.807) is 6.07 Å². The molecule has 0 aromatic heterocycles. The molecule has 0 fully saturated rings. The molecule has 0 spiro atoms. The highest BCUT2D eigenvalue weighted by Gasteiger charge is 2.31. The first-order valence-electron chi connectivity index (χ1n) is 7.89. The Bertz CT molecular complexity index is 930. The third-order valence-corrected chi connectivity index (χ3v) is 5.85. The van der Waals surface area contributed by atoms with E-state index in [0.29, 0.717) is 17.5 Å². The van der Waals surface area contributed by atoms with Crippen LogP contribution in [-0.4, -0.2) is 21.5 Å². The van der Waals surface area contributed by atoms with Gasteiger partial charge < -0.3 is 5.32 Å². The fraction of sp³-hybridized carbons (Fsp3) is 0.294. The highest BCUT2D eigenvalue weighted by atomic mass is 35.5. The van der Waals surface area contributed by atoms with Gasteiger partial charge in [-0.15, -0.1) is 0 Å². The average molecular weight is 405 g/mol. The molecule has 3 rings (SSSR count). The first-order valence-corrected chi connectivity index (χ1v) is 9.75. The summed E-state index contributed by atoms with van der Waals surface area (Å²) in [5, 5.41) is 3.67. The second-order valence-corrected chi connectivity index (χ2v) is 8.07. The summed E-state index contributed by atoms with van der Waals surface area (Å²) in [6.07, 6.45) is -3.20. The number of sulfonamides is 1. The van der Waals surface area contributed by atoms with Gasteiger partial charge in [0.25, 0.3) is 10.0 Å². The number of halogens is 4. The maximum Gasteiger partial charge on any atom is 0.416 e. The van der Waals surface area contributed by atoms with Crippen molar-refractivity contribution >= 4 is 27.3 Å². The van der Waals surface area contributed by atoms with Crippen LogP contribution in [0.1, 0.15) is 16.7 Å². The van der Waals surface area contributed by atoms with Crippen LogP contribution in [0, 0.1) is 0 Å². The molecule has 1 heterocycles. The first kappa shape index (κ1) is 19.0. The van der Waals surface area contributed by atoms with Gasteiger partial charge >= 0.3 is 6.18 Å². The lowest BCUT2D eigenvalue weighted by atomic mass is 10.0. The summed E-state index contributed by atoms with van der Waals surface area (Å²) in [5.74, 6) is 0. The van der Waals surface area contributed by atoms with E-state index in [4.69, 9.17) is 11.6 Å². The zero-order valence-electron chi connectivity index (χ0n) is 13.5. The third-order valence-electron chi connectivity index (χ3n) is 4.13. The largest absolute Gasteiger partial charge is 0.416 e. The summed E-state index contributed by atoms with van der Waals surface area (Å²) < 4.78 is 65.8. The molecule has 0 atom stereocenters. The van der Waals surface area contributed by atoms with Crippen LogP contribution in [0.2, 0.25) is 5.02 Å².